The van der Waals surface area contributed by atoms with E-state index in [4.69, 9.17) is 9.52 Å². The number of carboxylic acid groups (broad SMARTS) is 1. The Balaban J connectivity index is 1.71. The van der Waals surface area contributed by atoms with E-state index in [2.05, 4.69) is 56.3 Å². The van der Waals surface area contributed by atoms with Crippen LogP contribution in [0.25, 0.3) is 33.4 Å². The zero-order valence-electron chi connectivity index (χ0n) is 16.0. The van der Waals surface area contributed by atoms with Crippen molar-refractivity contribution in [3.05, 3.63) is 83.4 Å². The predicted octanol–water partition coefficient (Wildman–Crippen LogP) is 6.40. The van der Waals surface area contributed by atoms with Crippen molar-refractivity contribution in [1.29, 1.82) is 0 Å². The van der Waals surface area contributed by atoms with Crippen molar-refractivity contribution in [2.24, 2.45) is 0 Å². The van der Waals surface area contributed by atoms with Gasteiger partial charge in [-0.1, -0.05) is 42.5 Å². The quantitative estimate of drug-likeness (QED) is 0.442. The molecule has 0 aliphatic heterocycles. The molecule has 0 saturated carbocycles. The number of benzene rings is 3. The van der Waals surface area contributed by atoms with Crippen LogP contribution in [0.2, 0.25) is 0 Å². The molecule has 3 nitrogen and oxygen atoms in total. The molecule has 0 radical (unpaired) electrons. The molecule has 4 rings (SSSR count). The Morgan fingerprint density at radius 1 is 0.893 bits per heavy atom. The number of aryl methyl sites for hydroxylation is 3. The van der Waals surface area contributed by atoms with Gasteiger partial charge >= 0.3 is 5.97 Å². The van der Waals surface area contributed by atoms with Crippen molar-refractivity contribution < 1.29 is 14.3 Å². The lowest BCUT2D eigenvalue weighted by Gasteiger charge is -2.10. The second-order valence-corrected chi connectivity index (χ2v) is 7.22. The molecular weight excluding hydrogens is 348 g/mol. The molecule has 140 valence electrons. The molecule has 0 spiro atoms. The average Bonchev–Trinajstić information content (AvgIpc) is 3.10. The SMILES string of the molecule is Cc1cccc(C)c1-c1cccc(-c2cc3cc(CCC(=O)O)ccc3o2)c1. The molecular formula is C25H22O3. The molecule has 0 bridgehead atoms. The van der Waals surface area contributed by atoms with E-state index in [0.29, 0.717) is 6.42 Å². The fraction of sp³-hybridized carbons (Fsp3) is 0.160. The molecule has 0 aliphatic rings. The van der Waals surface area contributed by atoms with Gasteiger partial charge in [0.05, 0.1) is 0 Å². The van der Waals surface area contributed by atoms with E-state index in [1.807, 2.05) is 24.3 Å². The molecule has 0 fully saturated rings. The minimum atomic E-state index is -0.781. The number of carboxylic acids is 1. The number of aliphatic carboxylic acids is 1. The van der Waals surface area contributed by atoms with Gasteiger partial charge in [0, 0.05) is 17.4 Å². The van der Waals surface area contributed by atoms with Crippen LogP contribution >= 0.6 is 0 Å². The first-order chi connectivity index (χ1) is 13.5. The van der Waals surface area contributed by atoms with Crippen molar-refractivity contribution in [1.82, 2.24) is 0 Å². The zero-order chi connectivity index (χ0) is 19.7. The van der Waals surface area contributed by atoms with Gasteiger partial charge in [0.25, 0.3) is 0 Å². The summed E-state index contributed by atoms with van der Waals surface area (Å²) < 4.78 is 6.07. The maximum absolute atomic E-state index is 10.8. The summed E-state index contributed by atoms with van der Waals surface area (Å²) in [6.07, 6.45) is 0.655. The summed E-state index contributed by atoms with van der Waals surface area (Å²) in [5, 5.41) is 9.88. The first kappa shape index (κ1) is 18.1. The van der Waals surface area contributed by atoms with Gasteiger partial charge in [0.1, 0.15) is 11.3 Å². The maximum Gasteiger partial charge on any atom is 0.303 e. The number of fused-ring (bicyclic) bond motifs is 1. The van der Waals surface area contributed by atoms with Crippen LogP contribution < -0.4 is 0 Å². The third kappa shape index (κ3) is 3.56. The van der Waals surface area contributed by atoms with Gasteiger partial charge in [-0.2, -0.15) is 0 Å². The second-order valence-electron chi connectivity index (χ2n) is 7.22. The normalized spacial score (nSPS) is 11.1. The number of furan rings is 1. The standard InChI is InChI=1S/C25H22O3/c1-16-5-3-6-17(2)25(16)20-8-4-7-19(14-20)23-15-21-13-18(10-12-24(26)27)9-11-22(21)28-23/h3-9,11,13-15H,10,12H2,1-2H3,(H,26,27). The monoisotopic (exact) mass is 370 g/mol. The average molecular weight is 370 g/mol. The summed E-state index contributed by atoms with van der Waals surface area (Å²) in [5.41, 5.74) is 7.79. The van der Waals surface area contributed by atoms with E-state index in [-0.39, 0.29) is 6.42 Å². The van der Waals surface area contributed by atoms with Crippen molar-refractivity contribution in [2.75, 3.05) is 0 Å². The lowest BCUT2D eigenvalue weighted by molar-refractivity contribution is -0.136. The molecule has 1 aromatic heterocycles. The molecule has 0 unspecified atom stereocenters. The number of hydrogen-bond acceptors (Lipinski definition) is 2. The molecule has 3 heteroatoms. The summed E-state index contributed by atoms with van der Waals surface area (Å²) in [7, 11) is 0. The van der Waals surface area contributed by atoms with Gasteiger partial charge in [0.15, 0.2) is 0 Å². The van der Waals surface area contributed by atoms with Crippen LogP contribution in [0.15, 0.2) is 71.1 Å². The lowest BCUT2D eigenvalue weighted by atomic mass is 9.94. The van der Waals surface area contributed by atoms with Crippen molar-refractivity contribution >= 4 is 16.9 Å². The summed E-state index contributed by atoms with van der Waals surface area (Å²) in [5.74, 6) is 0.0368. The molecule has 4 aromatic rings. The molecule has 0 amide bonds. The highest BCUT2D eigenvalue weighted by molar-refractivity contribution is 5.85. The fourth-order valence-corrected chi connectivity index (χ4v) is 3.74. The van der Waals surface area contributed by atoms with Crippen LogP contribution in [0.5, 0.6) is 0 Å². The Morgan fingerprint density at radius 2 is 1.61 bits per heavy atom. The van der Waals surface area contributed by atoms with Crippen molar-refractivity contribution in [2.45, 2.75) is 26.7 Å². The second kappa shape index (κ2) is 7.35. The zero-order valence-corrected chi connectivity index (χ0v) is 16.0. The Labute approximate surface area is 164 Å². The van der Waals surface area contributed by atoms with Gasteiger partial charge in [-0.3, -0.25) is 4.79 Å². The van der Waals surface area contributed by atoms with Crippen LogP contribution in [-0.2, 0) is 11.2 Å². The van der Waals surface area contributed by atoms with Gasteiger partial charge in [-0.25, -0.2) is 0 Å². The Hall–Kier alpha value is -3.33. The van der Waals surface area contributed by atoms with Gasteiger partial charge in [-0.15, -0.1) is 0 Å². The third-order valence-electron chi connectivity index (χ3n) is 5.13. The summed E-state index contributed by atoms with van der Waals surface area (Å²) in [6, 6.07) is 22.7. The molecule has 0 saturated heterocycles. The molecule has 1 heterocycles. The Bertz CT molecular complexity index is 1150. The number of rotatable bonds is 5. The van der Waals surface area contributed by atoms with E-state index in [1.54, 1.807) is 0 Å². The molecule has 28 heavy (non-hydrogen) atoms. The molecule has 1 N–H and O–H groups in total. The number of carbonyl (C=O) groups is 1. The van der Waals surface area contributed by atoms with Crippen molar-refractivity contribution in [3.8, 4) is 22.5 Å². The largest absolute Gasteiger partial charge is 0.481 e. The van der Waals surface area contributed by atoms with Crippen LogP contribution in [0.3, 0.4) is 0 Å². The highest BCUT2D eigenvalue weighted by atomic mass is 16.4. The van der Waals surface area contributed by atoms with Crippen molar-refractivity contribution in [3.63, 3.8) is 0 Å². The molecule has 0 aliphatic carbocycles. The highest BCUT2D eigenvalue weighted by Gasteiger charge is 2.11. The summed E-state index contributed by atoms with van der Waals surface area (Å²) in [4.78, 5) is 10.8. The van der Waals surface area contributed by atoms with Gasteiger partial charge in [0.2, 0.25) is 0 Å². The Morgan fingerprint density at radius 3 is 2.36 bits per heavy atom. The minimum Gasteiger partial charge on any atom is -0.481 e. The van der Waals surface area contributed by atoms with Crippen LogP contribution in [0, 0.1) is 13.8 Å². The van der Waals surface area contributed by atoms with E-state index in [1.165, 1.54) is 22.3 Å². The molecule has 0 atom stereocenters. The lowest BCUT2D eigenvalue weighted by Crippen LogP contribution is -1.96. The first-order valence-corrected chi connectivity index (χ1v) is 9.42. The van der Waals surface area contributed by atoms with E-state index in [9.17, 15) is 4.79 Å². The molecule has 3 aromatic carbocycles. The van der Waals surface area contributed by atoms with E-state index >= 15 is 0 Å². The summed E-state index contributed by atoms with van der Waals surface area (Å²) >= 11 is 0. The van der Waals surface area contributed by atoms with E-state index in [0.717, 1.165) is 27.9 Å². The minimum absolute atomic E-state index is 0.133. The topological polar surface area (TPSA) is 50.4 Å². The maximum atomic E-state index is 10.8. The van der Waals surface area contributed by atoms with Crippen LogP contribution in [-0.4, -0.2) is 11.1 Å². The van der Waals surface area contributed by atoms with E-state index < -0.39 is 5.97 Å². The highest BCUT2D eigenvalue weighted by Crippen LogP contribution is 2.33. The van der Waals surface area contributed by atoms with Crippen LogP contribution in [0.1, 0.15) is 23.1 Å². The smallest absolute Gasteiger partial charge is 0.303 e. The fourth-order valence-electron chi connectivity index (χ4n) is 3.74. The Kier molecular flexibility index (Phi) is 4.74. The number of hydrogen-bond donors (Lipinski definition) is 1. The predicted molar refractivity (Wildman–Crippen MR) is 113 cm³/mol. The van der Waals surface area contributed by atoms with Crippen LogP contribution in [0.4, 0.5) is 0 Å². The third-order valence-corrected chi connectivity index (χ3v) is 5.13. The first-order valence-electron chi connectivity index (χ1n) is 9.42. The van der Waals surface area contributed by atoms with Gasteiger partial charge in [-0.05, 0) is 72.4 Å². The summed E-state index contributed by atoms with van der Waals surface area (Å²) in [6.45, 7) is 4.27. The van der Waals surface area contributed by atoms with Gasteiger partial charge < -0.3 is 9.52 Å².